The first-order valence-electron chi connectivity index (χ1n) is 8.05. The number of hydrogen-bond acceptors (Lipinski definition) is 8. The van der Waals surface area contributed by atoms with Gasteiger partial charge >= 0.3 is 6.16 Å². The van der Waals surface area contributed by atoms with Crippen molar-refractivity contribution in [1.82, 2.24) is 0 Å². The molecule has 10 heteroatoms. The molecule has 0 bridgehead atoms. The molecule has 2 rings (SSSR count). The second-order valence-electron chi connectivity index (χ2n) is 5.92. The number of anilines is 2. The topological polar surface area (TPSA) is 103 Å². The molecule has 1 aromatic carbocycles. The maximum Gasteiger partial charge on any atom is 0.514 e. The highest BCUT2D eigenvalue weighted by Gasteiger charge is 2.24. The molecule has 0 aliphatic heterocycles. The molecule has 0 saturated heterocycles. The molecular formula is C17H22N2O6S2. The van der Waals surface area contributed by atoms with Gasteiger partial charge < -0.3 is 19.5 Å². The highest BCUT2D eigenvalue weighted by atomic mass is 32.2. The van der Waals surface area contributed by atoms with Crippen molar-refractivity contribution in [3.63, 3.8) is 0 Å². The van der Waals surface area contributed by atoms with Gasteiger partial charge in [-0.05, 0) is 29.5 Å². The van der Waals surface area contributed by atoms with Crippen molar-refractivity contribution in [2.45, 2.75) is 18.7 Å². The zero-order valence-electron chi connectivity index (χ0n) is 15.4. The van der Waals surface area contributed by atoms with Crippen LogP contribution < -0.4 is 19.5 Å². The van der Waals surface area contributed by atoms with Crippen LogP contribution in [0.25, 0.3) is 0 Å². The van der Waals surface area contributed by atoms with E-state index >= 15 is 0 Å². The Hall–Kier alpha value is -2.46. The number of methoxy groups -OCH3 is 2. The number of sulfonamides is 1. The van der Waals surface area contributed by atoms with E-state index in [1.54, 1.807) is 18.2 Å². The van der Waals surface area contributed by atoms with E-state index in [0.29, 0.717) is 11.7 Å². The number of benzene rings is 1. The van der Waals surface area contributed by atoms with Crippen LogP contribution in [-0.2, 0) is 14.8 Å². The van der Waals surface area contributed by atoms with Crippen molar-refractivity contribution in [3.8, 4) is 10.8 Å². The lowest BCUT2D eigenvalue weighted by atomic mass is 10.2. The van der Waals surface area contributed by atoms with E-state index in [0.717, 1.165) is 30.7 Å². The molecule has 2 aromatic rings. The first-order chi connectivity index (χ1) is 12.8. The van der Waals surface area contributed by atoms with Gasteiger partial charge in [-0.15, -0.1) is 11.3 Å². The fraction of sp³-hybridized carbons (Fsp3) is 0.353. The zero-order valence-corrected chi connectivity index (χ0v) is 17.1. The summed E-state index contributed by atoms with van der Waals surface area (Å²) in [5.74, 6) is 0.819. The maximum absolute atomic E-state index is 12.7. The fourth-order valence-corrected chi connectivity index (χ4v) is 4.35. The number of nitrogens with one attached hydrogen (secondary N) is 2. The largest absolute Gasteiger partial charge is 0.514 e. The van der Waals surface area contributed by atoms with E-state index in [9.17, 15) is 13.2 Å². The lowest BCUT2D eigenvalue weighted by Crippen LogP contribution is -2.15. The van der Waals surface area contributed by atoms with E-state index in [1.165, 1.54) is 18.6 Å². The van der Waals surface area contributed by atoms with Crippen LogP contribution in [0.2, 0.25) is 0 Å². The molecule has 148 valence electrons. The minimum absolute atomic E-state index is 0.0801. The Morgan fingerprint density at radius 1 is 1.22 bits per heavy atom. The summed E-state index contributed by atoms with van der Waals surface area (Å²) < 4.78 is 42.5. The smallest absolute Gasteiger partial charge is 0.494 e. The molecule has 0 saturated carbocycles. The van der Waals surface area contributed by atoms with Crippen molar-refractivity contribution in [2.75, 3.05) is 30.8 Å². The van der Waals surface area contributed by atoms with E-state index in [4.69, 9.17) is 9.47 Å². The van der Waals surface area contributed by atoms with Crippen LogP contribution in [0.5, 0.6) is 10.8 Å². The summed E-state index contributed by atoms with van der Waals surface area (Å²) in [6, 6.07) is 6.41. The number of ether oxygens (including phenoxy) is 3. The Kier molecular flexibility index (Phi) is 6.92. The summed E-state index contributed by atoms with van der Waals surface area (Å²) in [4.78, 5) is 11.1. The molecule has 0 aliphatic carbocycles. The summed E-state index contributed by atoms with van der Waals surface area (Å²) in [6.45, 7) is 4.94. The summed E-state index contributed by atoms with van der Waals surface area (Å²) in [6.07, 6.45) is -0.993. The lowest BCUT2D eigenvalue weighted by molar-refractivity contribution is 0.122. The third-order valence-corrected chi connectivity index (χ3v) is 5.70. The molecule has 0 spiro atoms. The van der Waals surface area contributed by atoms with Crippen LogP contribution in [0.1, 0.15) is 13.8 Å². The van der Waals surface area contributed by atoms with Crippen LogP contribution in [-0.4, -0.2) is 35.3 Å². The molecule has 27 heavy (non-hydrogen) atoms. The Morgan fingerprint density at radius 3 is 2.59 bits per heavy atom. The van der Waals surface area contributed by atoms with Crippen molar-refractivity contribution in [2.24, 2.45) is 5.92 Å². The lowest BCUT2D eigenvalue weighted by Gasteiger charge is -2.15. The van der Waals surface area contributed by atoms with Crippen molar-refractivity contribution >= 4 is 38.9 Å². The van der Waals surface area contributed by atoms with Gasteiger partial charge in [0.1, 0.15) is 10.6 Å². The molecule has 0 atom stereocenters. The normalized spacial score (nSPS) is 11.1. The number of carbonyl (C=O) groups excluding carboxylic acids is 1. The summed E-state index contributed by atoms with van der Waals surface area (Å²) in [5, 5.41) is 4.67. The zero-order chi connectivity index (χ0) is 20.0. The Labute approximate surface area is 162 Å². The van der Waals surface area contributed by atoms with Gasteiger partial charge in [-0.2, -0.15) is 0 Å². The minimum Gasteiger partial charge on any atom is -0.494 e. The predicted octanol–water partition coefficient (Wildman–Crippen LogP) is 3.77. The van der Waals surface area contributed by atoms with Crippen molar-refractivity contribution < 1.29 is 27.4 Å². The molecule has 1 aromatic heterocycles. The van der Waals surface area contributed by atoms with Crippen molar-refractivity contribution in [3.05, 3.63) is 29.6 Å². The third kappa shape index (κ3) is 5.51. The van der Waals surface area contributed by atoms with E-state index < -0.39 is 16.2 Å². The molecule has 1 heterocycles. The Balaban J connectivity index is 2.25. The first-order valence-corrected chi connectivity index (χ1v) is 10.4. The molecule has 0 radical (unpaired) electrons. The van der Waals surface area contributed by atoms with Gasteiger partial charge in [-0.1, -0.05) is 13.8 Å². The van der Waals surface area contributed by atoms with Crippen LogP contribution in [0.4, 0.5) is 16.2 Å². The van der Waals surface area contributed by atoms with Gasteiger partial charge in [0.05, 0.1) is 19.9 Å². The molecule has 0 aliphatic rings. The highest BCUT2D eigenvalue weighted by Crippen LogP contribution is 2.35. The van der Waals surface area contributed by atoms with Gasteiger partial charge in [-0.3, -0.25) is 4.72 Å². The highest BCUT2D eigenvalue weighted by molar-refractivity contribution is 7.93. The number of carbonyl (C=O) groups is 1. The second kappa shape index (κ2) is 8.96. The second-order valence-corrected chi connectivity index (χ2v) is 8.45. The Morgan fingerprint density at radius 2 is 1.96 bits per heavy atom. The standard InChI is InChI=1S/C17H22N2O6S2/c1-11(2)10-18-12-5-6-13(14(9-12)23-3)19-27(21,22)15-7-8-26-16(15)25-17(20)24-4/h5-9,11,18-19H,10H2,1-4H3. The fourth-order valence-electron chi connectivity index (χ4n) is 2.08. The monoisotopic (exact) mass is 414 g/mol. The molecule has 0 unspecified atom stereocenters. The molecular weight excluding hydrogens is 392 g/mol. The quantitative estimate of drug-likeness (QED) is 0.634. The average Bonchev–Trinajstić information content (AvgIpc) is 3.09. The van der Waals surface area contributed by atoms with Gasteiger partial charge in [0.25, 0.3) is 10.0 Å². The molecule has 2 N–H and O–H groups in total. The molecule has 0 fully saturated rings. The number of thiophene rings is 1. The SMILES string of the molecule is COC(=O)Oc1sccc1S(=O)(=O)Nc1ccc(NCC(C)C)cc1OC. The van der Waals surface area contributed by atoms with Gasteiger partial charge in [0.15, 0.2) is 0 Å². The van der Waals surface area contributed by atoms with Gasteiger partial charge in [-0.25, -0.2) is 13.2 Å². The Bertz CT molecular complexity index is 893. The predicted molar refractivity (Wildman–Crippen MR) is 104 cm³/mol. The minimum atomic E-state index is -4.00. The molecule has 0 amide bonds. The summed E-state index contributed by atoms with van der Waals surface area (Å²) in [5.41, 5.74) is 1.08. The maximum atomic E-state index is 12.7. The van der Waals surface area contributed by atoms with Crippen LogP contribution in [0, 0.1) is 5.92 Å². The van der Waals surface area contributed by atoms with Gasteiger partial charge in [0.2, 0.25) is 5.06 Å². The third-order valence-electron chi connectivity index (χ3n) is 3.39. The molecule has 8 nitrogen and oxygen atoms in total. The van der Waals surface area contributed by atoms with E-state index in [1.807, 2.05) is 0 Å². The van der Waals surface area contributed by atoms with E-state index in [2.05, 4.69) is 28.6 Å². The first kappa shape index (κ1) is 20.8. The van der Waals surface area contributed by atoms with Crippen LogP contribution in [0.3, 0.4) is 0 Å². The number of hydrogen-bond donors (Lipinski definition) is 2. The summed E-state index contributed by atoms with van der Waals surface area (Å²) >= 11 is 0.969. The van der Waals surface area contributed by atoms with Crippen LogP contribution >= 0.6 is 11.3 Å². The van der Waals surface area contributed by atoms with Gasteiger partial charge in [0, 0.05) is 18.3 Å². The van der Waals surface area contributed by atoms with E-state index in [-0.39, 0.29) is 15.6 Å². The van der Waals surface area contributed by atoms with Crippen molar-refractivity contribution in [1.29, 1.82) is 0 Å². The summed E-state index contributed by atoms with van der Waals surface area (Å²) in [7, 11) is -1.40. The number of rotatable bonds is 8. The van der Waals surface area contributed by atoms with Crippen LogP contribution in [0.15, 0.2) is 34.5 Å². The average molecular weight is 415 g/mol.